The van der Waals surface area contributed by atoms with Crippen molar-refractivity contribution in [1.82, 2.24) is 14.9 Å². The molecule has 138 valence electrons. The van der Waals surface area contributed by atoms with Crippen LogP contribution in [0.2, 0.25) is 0 Å². The molecule has 1 aliphatic rings. The predicted octanol–water partition coefficient (Wildman–Crippen LogP) is 4.03. The number of aromatic nitrogens is 2. The maximum Gasteiger partial charge on any atom is 0.273 e. The number of carbonyl (C=O) groups excluding carboxylic acids is 1. The van der Waals surface area contributed by atoms with Gasteiger partial charge in [0.05, 0.1) is 6.10 Å². The van der Waals surface area contributed by atoms with E-state index in [1.165, 1.54) is 11.3 Å². The number of hydrogen-bond acceptors (Lipinski definition) is 5. The van der Waals surface area contributed by atoms with Crippen molar-refractivity contribution in [3.63, 3.8) is 0 Å². The molecular formula is C21H21N3O2S. The maximum atomic E-state index is 13.2. The molecule has 0 saturated carbocycles. The lowest BCUT2D eigenvalue weighted by Crippen LogP contribution is -2.37. The Morgan fingerprint density at radius 3 is 2.85 bits per heavy atom. The van der Waals surface area contributed by atoms with E-state index < -0.39 is 0 Å². The third-order valence-corrected chi connectivity index (χ3v) is 5.47. The van der Waals surface area contributed by atoms with Gasteiger partial charge >= 0.3 is 0 Å². The van der Waals surface area contributed by atoms with Gasteiger partial charge in [-0.2, -0.15) is 0 Å². The molecule has 0 N–H and O–H groups in total. The van der Waals surface area contributed by atoms with E-state index in [-0.39, 0.29) is 12.0 Å². The van der Waals surface area contributed by atoms with E-state index in [4.69, 9.17) is 4.74 Å². The van der Waals surface area contributed by atoms with Crippen molar-refractivity contribution in [2.45, 2.75) is 25.5 Å². The molecule has 1 aliphatic heterocycles. The van der Waals surface area contributed by atoms with Gasteiger partial charge in [-0.05, 0) is 24.5 Å². The Hall–Kier alpha value is -2.57. The summed E-state index contributed by atoms with van der Waals surface area (Å²) in [6.07, 6.45) is 5.67. The van der Waals surface area contributed by atoms with Crippen LogP contribution < -0.4 is 0 Å². The SMILES string of the molecule is O=C(c1csc(-c2ccccc2)n1)N(Cc1cccnc1)C[C@@H]1CCCO1. The Labute approximate surface area is 162 Å². The normalized spacial score (nSPS) is 16.4. The molecule has 3 heterocycles. The number of rotatable bonds is 6. The van der Waals surface area contributed by atoms with Crippen molar-refractivity contribution in [2.24, 2.45) is 0 Å². The molecule has 1 fully saturated rings. The first-order valence-corrected chi connectivity index (χ1v) is 9.98. The quantitative estimate of drug-likeness (QED) is 0.649. The molecule has 0 aliphatic carbocycles. The Morgan fingerprint density at radius 2 is 2.11 bits per heavy atom. The second-order valence-corrected chi connectivity index (χ2v) is 7.44. The molecular weight excluding hydrogens is 358 g/mol. The number of nitrogens with zero attached hydrogens (tertiary/aromatic N) is 3. The van der Waals surface area contributed by atoms with E-state index in [0.29, 0.717) is 18.8 Å². The van der Waals surface area contributed by atoms with Gasteiger partial charge in [-0.1, -0.05) is 36.4 Å². The zero-order chi connectivity index (χ0) is 18.5. The first-order valence-electron chi connectivity index (χ1n) is 9.10. The van der Waals surface area contributed by atoms with Crippen LogP contribution in [0.1, 0.15) is 28.9 Å². The molecule has 27 heavy (non-hydrogen) atoms. The fraction of sp³-hybridized carbons (Fsp3) is 0.286. The number of carbonyl (C=O) groups is 1. The molecule has 5 nitrogen and oxygen atoms in total. The molecule has 1 atom stereocenters. The molecule has 1 saturated heterocycles. The van der Waals surface area contributed by atoms with Gasteiger partial charge < -0.3 is 9.64 Å². The summed E-state index contributed by atoms with van der Waals surface area (Å²) in [6.45, 7) is 1.85. The number of hydrogen-bond donors (Lipinski definition) is 0. The van der Waals surface area contributed by atoms with E-state index >= 15 is 0 Å². The average Bonchev–Trinajstić information content (AvgIpc) is 3.41. The smallest absolute Gasteiger partial charge is 0.273 e. The van der Waals surface area contributed by atoms with Gasteiger partial charge in [0.2, 0.25) is 0 Å². The van der Waals surface area contributed by atoms with E-state index in [0.717, 1.165) is 35.6 Å². The van der Waals surface area contributed by atoms with E-state index in [9.17, 15) is 4.79 Å². The minimum Gasteiger partial charge on any atom is -0.376 e. The first kappa shape index (κ1) is 17.8. The molecule has 0 unspecified atom stereocenters. The van der Waals surface area contributed by atoms with Crippen molar-refractivity contribution >= 4 is 17.2 Å². The van der Waals surface area contributed by atoms with Gasteiger partial charge in [-0.3, -0.25) is 9.78 Å². The highest BCUT2D eigenvalue weighted by molar-refractivity contribution is 7.13. The van der Waals surface area contributed by atoms with Crippen LogP contribution in [0, 0.1) is 0 Å². The molecule has 3 aromatic rings. The van der Waals surface area contributed by atoms with Crippen LogP contribution in [0.15, 0.2) is 60.2 Å². The number of benzene rings is 1. The summed E-state index contributed by atoms with van der Waals surface area (Å²) in [6, 6.07) is 13.8. The summed E-state index contributed by atoms with van der Waals surface area (Å²) in [5.74, 6) is -0.0622. The maximum absolute atomic E-state index is 13.2. The van der Waals surface area contributed by atoms with Crippen LogP contribution >= 0.6 is 11.3 Å². The summed E-state index contributed by atoms with van der Waals surface area (Å²) >= 11 is 1.50. The molecule has 1 amide bonds. The summed E-state index contributed by atoms with van der Waals surface area (Å²) in [7, 11) is 0. The van der Waals surface area contributed by atoms with Crippen molar-refractivity contribution in [3.8, 4) is 10.6 Å². The van der Waals surface area contributed by atoms with E-state index in [2.05, 4.69) is 9.97 Å². The van der Waals surface area contributed by atoms with Gasteiger partial charge in [0.15, 0.2) is 0 Å². The van der Waals surface area contributed by atoms with Crippen molar-refractivity contribution in [1.29, 1.82) is 0 Å². The highest BCUT2D eigenvalue weighted by Crippen LogP contribution is 2.25. The summed E-state index contributed by atoms with van der Waals surface area (Å²) in [5.41, 5.74) is 2.52. The Balaban J connectivity index is 1.55. The third-order valence-electron chi connectivity index (χ3n) is 4.58. The monoisotopic (exact) mass is 379 g/mol. The van der Waals surface area contributed by atoms with Crippen LogP contribution in [0.4, 0.5) is 0 Å². The Morgan fingerprint density at radius 1 is 1.22 bits per heavy atom. The highest BCUT2D eigenvalue weighted by atomic mass is 32.1. The first-order chi connectivity index (χ1) is 13.3. The van der Waals surface area contributed by atoms with Gasteiger partial charge in [0.1, 0.15) is 10.7 Å². The van der Waals surface area contributed by atoms with Gasteiger partial charge in [0.25, 0.3) is 5.91 Å². The van der Waals surface area contributed by atoms with Crippen LogP contribution in [0.25, 0.3) is 10.6 Å². The molecule has 0 spiro atoms. The lowest BCUT2D eigenvalue weighted by Gasteiger charge is -2.24. The van der Waals surface area contributed by atoms with Crippen LogP contribution in [-0.2, 0) is 11.3 Å². The zero-order valence-electron chi connectivity index (χ0n) is 15.0. The molecule has 0 bridgehead atoms. The van der Waals surface area contributed by atoms with Crippen molar-refractivity contribution in [3.05, 3.63) is 71.5 Å². The number of pyridine rings is 1. The van der Waals surface area contributed by atoms with E-state index in [1.807, 2.05) is 52.7 Å². The van der Waals surface area contributed by atoms with Crippen LogP contribution in [-0.4, -0.2) is 40.0 Å². The second kappa shape index (κ2) is 8.41. The molecule has 4 rings (SSSR count). The fourth-order valence-corrected chi connectivity index (χ4v) is 4.01. The summed E-state index contributed by atoms with van der Waals surface area (Å²) in [4.78, 5) is 23.8. The topological polar surface area (TPSA) is 55.3 Å². The lowest BCUT2D eigenvalue weighted by molar-refractivity contribution is 0.0503. The largest absolute Gasteiger partial charge is 0.376 e. The third kappa shape index (κ3) is 4.40. The summed E-state index contributed by atoms with van der Waals surface area (Å²) < 4.78 is 5.75. The van der Waals surface area contributed by atoms with Gasteiger partial charge in [0, 0.05) is 43.0 Å². The molecule has 6 heteroatoms. The second-order valence-electron chi connectivity index (χ2n) is 6.59. The highest BCUT2D eigenvalue weighted by Gasteiger charge is 2.25. The number of ether oxygens (including phenoxy) is 1. The van der Waals surface area contributed by atoms with Crippen molar-refractivity contribution in [2.75, 3.05) is 13.2 Å². The number of amides is 1. The number of thiazole rings is 1. The Bertz CT molecular complexity index is 877. The molecule has 1 aromatic carbocycles. The Kier molecular flexibility index (Phi) is 5.55. The molecule has 0 radical (unpaired) electrons. The average molecular weight is 379 g/mol. The van der Waals surface area contributed by atoms with Gasteiger partial charge in [-0.25, -0.2) is 4.98 Å². The summed E-state index contributed by atoms with van der Waals surface area (Å²) in [5, 5.41) is 2.70. The van der Waals surface area contributed by atoms with Crippen LogP contribution in [0.5, 0.6) is 0 Å². The minimum atomic E-state index is -0.0622. The van der Waals surface area contributed by atoms with E-state index in [1.54, 1.807) is 12.4 Å². The van der Waals surface area contributed by atoms with Crippen molar-refractivity contribution < 1.29 is 9.53 Å². The fourth-order valence-electron chi connectivity index (χ4n) is 3.21. The predicted molar refractivity (Wildman–Crippen MR) is 106 cm³/mol. The van der Waals surface area contributed by atoms with Crippen LogP contribution in [0.3, 0.4) is 0 Å². The van der Waals surface area contributed by atoms with Gasteiger partial charge in [-0.15, -0.1) is 11.3 Å². The lowest BCUT2D eigenvalue weighted by atomic mass is 10.2. The standard InChI is InChI=1S/C21H21N3O2S/c25-21(19-15-27-20(23-19)17-7-2-1-3-8-17)24(14-18-9-5-11-26-18)13-16-6-4-10-22-12-16/h1-4,6-8,10,12,15,18H,5,9,11,13-14H2/t18-/m0/s1. The molecule has 2 aromatic heterocycles. The zero-order valence-corrected chi connectivity index (χ0v) is 15.8. The minimum absolute atomic E-state index is 0.0622.